The van der Waals surface area contributed by atoms with Gasteiger partial charge in [0, 0.05) is 25.4 Å². The maximum Gasteiger partial charge on any atom is 0.329 e. The Labute approximate surface area is 65.5 Å². The summed E-state index contributed by atoms with van der Waals surface area (Å²) in [5.41, 5.74) is 0. The fourth-order valence-electron chi connectivity index (χ4n) is 0.464. The van der Waals surface area contributed by atoms with E-state index in [0.29, 0.717) is 6.54 Å². The molecule has 4 heteroatoms. The van der Waals surface area contributed by atoms with Gasteiger partial charge in [0.1, 0.15) is 0 Å². The summed E-state index contributed by atoms with van der Waals surface area (Å²) in [5.74, 6) is -0.831. The van der Waals surface area contributed by atoms with Crippen molar-refractivity contribution in [1.29, 1.82) is 0 Å². The van der Waals surface area contributed by atoms with Gasteiger partial charge in [0.05, 0.1) is 0 Å². The van der Waals surface area contributed by atoms with Gasteiger partial charge in [0.2, 0.25) is 0 Å². The lowest BCUT2D eigenvalue weighted by molar-refractivity contribution is -0.131. The Morgan fingerprint density at radius 2 is 2.36 bits per heavy atom. The third-order valence-corrected chi connectivity index (χ3v) is 1.12. The van der Waals surface area contributed by atoms with E-state index in [1.165, 1.54) is 6.20 Å². The number of aliphatic carboxylic acids is 1. The minimum Gasteiger partial charge on any atom is -0.478 e. The molecule has 64 valence electrons. The van der Waals surface area contributed by atoms with E-state index in [9.17, 15) is 4.79 Å². The first-order valence-electron chi connectivity index (χ1n) is 3.40. The summed E-state index contributed by atoms with van der Waals surface area (Å²) >= 11 is 0. The summed E-state index contributed by atoms with van der Waals surface area (Å²) < 4.78 is 0. The summed E-state index contributed by atoms with van der Waals surface area (Å²) in [6.07, 6.45) is 2.37. The molecule has 0 aromatic heterocycles. The van der Waals surface area contributed by atoms with Crippen molar-refractivity contribution in [3.05, 3.63) is 12.3 Å². The number of carbonyl (C=O) groups is 1. The van der Waals surface area contributed by atoms with E-state index in [-0.39, 0.29) is 12.5 Å². The van der Waals surface area contributed by atoms with Crippen LogP contribution in [0.15, 0.2) is 12.3 Å². The van der Waals surface area contributed by atoms with Gasteiger partial charge in [-0.15, -0.1) is 0 Å². The maximum atomic E-state index is 9.94. The highest BCUT2D eigenvalue weighted by molar-refractivity contribution is 5.79. The Kier molecular flexibility index (Phi) is 5.20. The third-order valence-electron chi connectivity index (χ3n) is 1.12. The van der Waals surface area contributed by atoms with Crippen LogP contribution in [0, 0.1) is 5.92 Å². The highest BCUT2D eigenvalue weighted by Crippen LogP contribution is 1.87. The summed E-state index contributed by atoms with van der Waals surface area (Å²) in [6, 6.07) is 0. The van der Waals surface area contributed by atoms with E-state index in [2.05, 4.69) is 5.32 Å². The standard InChI is InChI=1S/C7H13NO3/c1-6(5-9)4-8-3-2-7(10)11/h2-3,6,8-9H,4-5H2,1H3,(H,10,11)/b3-2+. The van der Waals surface area contributed by atoms with E-state index in [4.69, 9.17) is 10.2 Å². The molecule has 0 aliphatic heterocycles. The fourth-order valence-corrected chi connectivity index (χ4v) is 0.464. The highest BCUT2D eigenvalue weighted by Gasteiger charge is 1.95. The van der Waals surface area contributed by atoms with Gasteiger partial charge in [0.15, 0.2) is 0 Å². The van der Waals surface area contributed by atoms with Gasteiger partial charge >= 0.3 is 5.97 Å². The van der Waals surface area contributed by atoms with Gasteiger partial charge in [0.25, 0.3) is 0 Å². The molecule has 0 aromatic carbocycles. The molecule has 4 nitrogen and oxygen atoms in total. The van der Waals surface area contributed by atoms with Crippen molar-refractivity contribution in [3.63, 3.8) is 0 Å². The third kappa shape index (κ3) is 6.86. The second-order valence-electron chi connectivity index (χ2n) is 2.37. The largest absolute Gasteiger partial charge is 0.478 e. The van der Waals surface area contributed by atoms with E-state index < -0.39 is 5.97 Å². The molecule has 0 saturated heterocycles. The summed E-state index contributed by atoms with van der Waals surface area (Å²) in [5, 5.41) is 19.5. The number of nitrogens with one attached hydrogen (secondary N) is 1. The SMILES string of the molecule is CC(CO)CN/C=C/C(=O)O. The number of hydrogen-bond acceptors (Lipinski definition) is 3. The van der Waals surface area contributed by atoms with Crippen LogP contribution in [0.2, 0.25) is 0 Å². The molecular formula is C7H13NO3. The molecule has 0 spiro atoms. The first-order valence-corrected chi connectivity index (χ1v) is 3.40. The molecule has 0 rings (SSSR count). The van der Waals surface area contributed by atoms with Crippen molar-refractivity contribution in [2.24, 2.45) is 5.92 Å². The lowest BCUT2D eigenvalue weighted by atomic mass is 10.2. The van der Waals surface area contributed by atoms with E-state index in [1.807, 2.05) is 6.92 Å². The number of aliphatic hydroxyl groups is 1. The lowest BCUT2D eigenvalue weighted by Gasteiger charge is -2.05. The van der Waals surface area contributed by atoms with Crippen LogP contribution in [0.4, 0.5) is 0 Å². The smallest absolute Gasteiger partial charge is 0.329 e. The van der Waals surface area contributed by atoms with Crippen molar-refractivity contribution < 1.29 is 15.0 Å². The van der Waals surface area contributed by atoms with Crippen LogP contribution in [0.1, 0.15) is 6.92 Å². The van der Waals surface area contributed by atoms with E-state index >= 15 is 0 Å². The Morgan fingerprint density at radius 3 is 2.82 bits per heavy atom. The Bertz CT molecular complexity index is 145. The summed E-state index contributed by atoms with van der Waals surface area (Å²) in [6.45, 7) is 2.55. The van der Waals surface area contributed by atoms with Gasteiger partial charge in [-0.05, 0) is 5.92 Å². The molecule has 0 heterocycles. The molecule has 0 aromatic rings. The topological polar surface area (TPSA) is 69.6 Å². The monoisotopic (exact) mass is 159 g/mol. The van der Waals surface area contributed by atoms with Gasteiger partial charge in [-0.2, -0.15) is 0 Å². The van der Waals surface area contributed by atoms with Gasteiger partial charge in [-0.25, -0.2) is 4.79 Å². The Morgan fingerprint density at radius 1 is 1.73 bits per heavy atom. The van der Waals surface area contributed by atoms with Gasteiger partial charge in [-0.3, -0.25) is 0 Å². The molecule has 11 heavy (non-hydrogen) atoms. The number of carboxylic acids is 1. The second-order valence-corrected chi connectivity index (χ2v) is 2.37. The van der Waals surface area contributed by atoms with E-state index in [1.54, 1.807) is 0 Å². The highest BCUT2D eigenvalue weighted by atomic mass is 16.4. The predicted molar refractivity (Wildman–Crippen MR) is 41.0 cm³/mol. The summed E-state index contributed by atoms with van der Waals surface area (Å²) in [4.78, 5) is 9.94. The first-order chi connectivity index (χ1) is 5.16. The molecule has 0 aliphatic carbocycles. The van der Waals surface area contributed by atoms with Crippen molar-refractivity contribution in [2.45, 2.75) is 6.92 Å². The minimum absolute atomic E-state index is 0.105. The zero-order chi connectivity index (χ0) is 8.69. The molecule has 0 saturated carbocycles. The molecule has 1 unspecified atom stereocenters. The van der Waals surface area contributed by atoms with Crippen molar-refractivity contribution in [1.82, 2.24) is 5.32 Å². The average Bonchev–Trinajstić information content (AvgIpc) is 1.97. The molecule has 0 aliphatic rings. The van der Waals surface area contributed by atoms with Crippen molar-refractivity contribution >= 4 is 5.97 Å². The maximum absolute atomic E-state index is 9.94. The second kappa shape index (κ2) is 5.73. The summed E-state index contributed by atoms with van der Waals surface area (Å²) in [7, 11) is 0. The Balaban J connectivity index is 3.33. The zero-order valence-corrected chi connectivity index (χ0v) is 6.45. The van der Waals surface area contributed by atoms with Crippen molar-refractivity contribution in [3.8, 4) is 0 Å². The molecule has 1 atom stereocenters. The quantitative estimate of drug-likeness (QED) is 0.486. The predicted octanol–water partition coefficient (Wildman–Crippen LogP) is -0.197. The van der Waals surface area contributed by atoms with Crippen LogP contribution >= 0.6 is 0 Å². The van der Waals surface area contributed by atoms with Crippen LogP contribution in [-0.2, 0) is 4.79 Å². The number of carboxylic acid groups (broad SMARTS) is 1. The minimum atomic E-state index is -0.978. The fraction of sp³-hybridized carbons (Fsp3) is 0.571. The first kappa shape index (κ1) is 9.97. The van der Waals surface area contributed by atoms with Crippen LogP contribution < -0.4 is 5.32 Å². The molecule has 0 fully saturated rings. The molecular weight excluding hydrogens is 146 g/mol. The van der Waals surface area contributed by atoms with Crippen molar-refractivity contribution in [2.75, 3.05) is 13.2 Å². The van der Waals surface area contributed by atoms with Gasteiger partial charge in [-0.1, -0.05) is 6.92 Å². The van der Waals surface area contributed by atoms with Crippen LogP contribution in [0.25, 0.3) is 0 Å². The normalized spacial score (nSPS) is 13.3. The van der Waals surface area contributed by atoms with Crippen LogP contribution in [0.3, 0.4) is 0 Å². The zero-order valence-electron chi connectivity index (χ0n) is 6.45. The number of rotatable bonds is 5. The van der Waals surface area contributed by atoms with Crippen LogP contribution in [0.5, 0.6) is 0 Å². The molecule has 0 bridgehead atoms. The number of hydrogen-bond donors (Lipinski definition) is 3. The molecule has 0 amide bonds. The molecule has 3 N–H and O–H groups in total. The molecule has 0 radical (unpaired) electrons. The lowest BCUT2D eigenvalue weighted by Crippen LogP contribution is -2.18. The Hall–Kier alpha value is -1.03. The van der Waals surface area contributed by atoms with Crippen LogP contribution in [-0.4, -0.2) is 29.3 Å². The van der Waals surface area contributed by atoms with Gasteiger partial charge < -0.3 is 15.5 Å². The van der Waals surface area contributed by atoms with E-state index in [0.717, 1.165) is 6.08 Å². The number of aliphatic hydroxyl groups excluding tert-OH is 1. The average molecular weight is 159 g/mol.